The number of aliphatic hydroxyl groups excluding tert-OH is 1. The minimum absolute atomic E-state index is 0.0398. The largest absolute Gasteiger partial charge is 0.507 e. The maximum absolute atomic E-state index is 10.8. The van der Waals surface area contributed by atoms with Crippen molar-refractivity contribution in [3.63, 3.8) is 0 Å². The number of nitrogens with one attached hydrogen (secondary N) is 1. The number of hydrogen-bond donors (Lipinski definition) is 3. The molecular weight excluding hydrogens is 256 g/mol. The zero-order valence-electron chi connectivity index (χ0n) is 11.7. The van der Waals surface area contributed by atoms with Gasteiger partial charge in [-0.2, -0.15) is 0 Å². The molecule has 1 unspecified atom stereocenters. The van der Waals surface area contributed by atoms with Crippen molar-refractivity contribution < 1.29 is 15.0 Å². The summed E-state index contributed by atoms with van der Waals surface area (Å²) in [4.78, 5) is 14.9. The zero-order chi connectivity index (χ0) is 15.0. The number of phenols is 1. The Morgan fingerprint density at radius 3 is 2.75 bits per heavy atom. The number of aliphatic imine (C=N–C) groups is 1. The van der Waals surface area contributed by atoms with Gasteiger partial charge in [-0.25, -0.2) is 0 Å². The van der Waals surface area contributed by atoms with E-state index < -0.39 is 6.10 Å². The molecule has 0 radical (unpaired) electrons. The van der Waals surface area contributed by atoms with Crippen molar-refractivity contribution in [2.45, 2.75) is 20.0 Å². The van der Waals surface area contributed by atoms with E-state index in [4.69, 9.17) is 0 Å². The number of benzene rings is 1. The van der Waals surface area contributed by atoms with Crippen LogP contribution in [-0.2, 0) is 4.79 Å². The monoisotopic (exact) mass is 276 g/mol. The molecule has 0 fully saturated rings. The predicted molar refractivity (Wildman–Crippen MR) is 79.0 cm³/mol. The van der Waals surface area contributed by atoms with E-state index in [0.717, 1.165) is 0 Å². The highest BCUT2D eigenvalue weighted by Gasteiger charge is 2.02. The van der Waals surface area contributed by atoms with Crippen LogP contribution < -0.4 is 5.32 Å². The lowest BCUT2D eigenvalue weighted by Gasteiger charge is -2.10. The van der Waals surface area contributed by atoms with Gasteiger partial charge in [0.1, 0.15) is 5.75 Å². The van der Waals surface area contributed by atoms with Gasteiger partial charge in [-0.1, -0.05) is 12.1 Å². The van der Waals surface area contributed by atoms with Gasteiger partial charge >= 0.3 is 0 Å². The summed E-state index contributed by atoms with van der Waals surface area (Å²) in [7, 11) is 0. The molecule has 0 saturated heterocycles. The fourth-order valence-corrected chi connectivity index (χ4v) is 1.57. The van der Waals surface area contributed by atoms with Crippen LogP contribution in [0.3, 0.4) is 0 Å². The van der Waals surface area contributed by atoms with Gasteiger partial charge in [0.2, 0.25) is 0 Å². The van der Waals surface area contributed by atoms with Crippen LogP contribution in [0.1, 0.15) is 19.4 Å². The Morgan fingerprint density at radius 2 is 2.10 bits per heavy atom. The van der Waals surface area contributed by atoms with Crippen molar-refractivity contribution in [2.24, 2.45) is 4.99 Å². The lowest BCUT2D eigenvalue weighted by molar-refractivity contribution is -0.112. The molecule has 5 nitrogen and oxygen atoms in total. The van der Waals surface area contributed by atoms with Crippen LogP contribution in [0, 0.1) is 0 Å². The predicted octanol–water partition coefficient (Wildman–Crippen LogP) is 1.25. The number of carbonyl (C=O) groups excluding carboxylic acids is 1. The molecule has 0 aromatic heterocycles. The number of para-hydroxylation sites is 1. The summed E-state index contributed by atoms with van der Waals surface area (Å²) in [6.07, 6.45) is 2.34. The van der Waals surface area contributed by atoms with Crippen LogP contribution in [0.5, 0.6) is 5.75 Å². The molecule has 0 amide bonds. The third-order valence-corrected chi connectivity index (χ3v) is 2.52. The van der Waals surface area contributed by atoms with E-state index in [9.17, 15) is 15.0 Å². The third-order valence-electron chi connectivity index (χ3n) is 2.52. The van der Waals surface area contributed by atoms with E-state index in [0.29, 0.717) is 17.8 Å². The van der Waals surface area contributed by atoms with Crippen molar-refractivity contribution >= 4 is 12.0 Å². The first kappa shape index (κ1) is 15.9. The number of aliphatic hydroxyl groups is 1. The summed E-state index contributed by atoms with van der Waals surface area (Å²) in [5.74, 6) is 0.117. The highest BCUT2D eigenvalue weighted by atomic mass is 16.3. The molecule has 0 bridgehead atoms. The molecular formula is C15H20N2O3. The van der Waals surface area contributed by atoms with Gasteiger partial charge in [0.15, 0.2) is 5.78 Å². The Morgan fingerprint density at radius 1 is 1.40 bits per heavy atom. The maximum Gasteiger partial charge on any atom is 0.154 e. The first-order valence-corrected chi connectivity index (χ1v) is 6.37. The number of carbonyl (C=O) groups is 1. The van der Waals surface area contributed by atoms with E-state index in [1.54, 1.807) is 31.2 Å². The molecule has 1 aromatic rings. The molecule has 0 spiro atoms. The third kappa shape index (κ3) is 6.15. The van der Waals surface area contributed by atoms with Crippen LogP contribution in [0.2, 0.25) is 0 Å². The van der Waals surface area contributed by atoms with Crippen LogP contribution >= 0.6 is 0 Å². The smallest absolute Gasteiger partial charge is 0.154 e. The molecule has 1 atom stereocenters. The summed E-state index contributed by atoms with van der Waals surface area (Å²) >= 11 is 0. The number of nitrogens with zero attached hydrogens (tertiary/aromatic N) is 1. The minimum atomic E-state index is -0.660. The summed E-state index contributed by atoms with van der Waals surface area (Å²) in [6, 6.07) is 6.85. The number of rotatable bonds is 7. The summed E-state index contributed by atoms with van der Waals surface area (Å²) in [5.41, 5.74) is 1.32. The second-order valence-corrected chi connectivity index (χ2v) is 4.53. The Bertz CT molecular complexity index is 510. The molecule has 20 heavy (non-hydrogen) atoms. The fraction of sp³-hybridized carbons (Fsp3) is 0.333. The minimum Gasteiger partial charge on any atom is -0.507 e. The second-order valence-electron chi connectivity index (χ2n) is 4.53. The van der Waals surface area contributed by atoms with Crippen molar-refractivity contribution in [3.8, 4) is 5.75 Å². The molecule has 0 saturated carbocycles. The van der Waals surface area contributed by atoms with Gasteiger partial charge in [-0.3, -0.25) is 9.79 Å². The number of aromatic hydroxyl groups is 1. The Kier molecular flexibility index (Phi) is 6.46. The standard InChI is InChI=1S/C15H20N2O3/c1-11(7-12(2)18)17-10-14(19)9-16-8-13-5-3-4-6-15(13)20/h3-8,14,17,19-20H,9-10H2,1-2H3/b11-7+,16-8?. The fourth-order valence-electron chi connectivity index (χ4n) is 1.57. The molecule has 0 heterocycles. The summed E-state index contributed by atoms with van der Waals surface area (Å²) < 4.78 is 0. The topological polar surface area (TPSA) is 81.9 Å². The molecule has 0 aliphatic heterocycles. The quantitative estimate of drug-likeness (QED) is 0.517. The zero-order valence-corrected chi connectivity index (χ0v) is 11.7. The molecule has 0 aliphatic carbocycles. The van der Waals surface area contributed by atoms with Crippen LogP contribution in [0.25, 0.3) is 0 Å². The van der Waals surface area contributed by atoms with Crippen molar-refractivity contribution in [1.29, 1.82) is 0 Å². The number of ketones is 1. The highest BCUT2D eigenvalue weighted by Crippen LogP contribution is 2.12. The first-order chi connectivity index (χ1) is 9.49. The van der Waals surface area contributed by atoms with Crippen molar-refractivity contribution in [2.75, 3.05) is 13.1 Å². The van der Waals surface area contributed by atoms with Crippen molar-refractivity contribution in [1.82, 2.24) is 5.32 Å². The normalized spacial score (nSPS) is 13.4. The number of hydrogen-bond acceptors (Lipinski definition) is 5. The molecule has 0 aliphatic rings. The van der Waals surface area contributed by atoms with Gasteiger partial charge in [-0.15, -0.1) is 0 Å². The maximum atomic E-state index is 10.8. The SMILES string of the molecule is CC(=O)/C=C(\C)NCC(O)CN=Cc1ccccc1O. The average Bonchev–Trinajstić information content (AvgIpc) is 2.38. The number of phenolic OH excluding ortho intramolecular Hbond substituents is 1. The van der Waals surface area contributed by atoms with Crippen LogP contribution in [0.15, 0.2) is 41.0 Å². The van der Waals surface area contributed by atoms with Gasteiger partial charge < -0.3 is 15.5 Å². The van der Waals surface area contributed by atoms with Gasteiger partial charge in [0.05, 0.1) is 12.6 Å². The molecule has 1 rings (SSSR count). The molecule has 5 heteroatoms. The molecule has 3 N–H and O–H groups in total. The van der Waals surface area contributed by atoms with Gasteiger partial charge in [0, 0.05) is 24.0 Å². The van der Waals surface area contributed by atoms with E-state index in [1.807, 2.05) is 0 Å². The second kappa shape index (κ2) is 8.12. The van der Waals surface area contributed by atoms with Gasteiger partial charge in [0.25, 0.3) is 0 Å². The average molecular weight is 276 g/mol. The first-order valence-electron chi connectivity index (χ1n) is 6.37. The Labute approximate surface area is 118 Å². The Hall–Kier alpha value is -2.14. The summed E-state index contributed by atoms with van der Waals surface area (Å²) in [6.45, 7) is 3.76. The van der Waals surface area contributed by atoms with E-state index in [1.165, 1.54) is 19.2 Å². The highest BCUT2D eigenvalue weighted by molar-refractivity contribution is 5.87. The molecule has 1 aromatic carbocycles. The molecule has 108 valence electrons. The van der Waals surface area contributed by atoms with E-state index >= 15 is 0 Å². The van der Waals surface area contributed by atoms with E-state index in [-0.39, 0.29) is 18.1 Å². The van der Waals surface area contributed by atoms with Crippen molar-refractivity contribution in [3.05, 3.63) is 41.6 Å². The summed E-state index contributed by atoms with van der Waals surface area (Å²) in [5, 5.41) is 22.2. The number of allylic oxidation sites excluding steroid dienone is 2. The van der Waals surface area contributed by atoms with Crippen LogP contribution in [0.4, 0.5) is 0 Å². The lowest BCUT2D eigenvalue weighted by Crippen LogP contribution is -2.28. The van der Waals surface area contributed by atoms with Gasteiger partial charge in [-0.05, 0) is 32.1 Å². The van der Waals surface area contributed by atoms with E-state index in [2.05, 4.69) is 10.3 Å². The van der Waals surface area contributed by atoms with Crippen LogP contribution in [-0.4, -0.2) is 41.4 Å². The Balaban J connectivity index is 2.38. The lowest BCUT2D eigenvalue weighted by atomic mass is 10.2.